The molecule has 1 aromatic carbocycles. The van der Waals surface area contributed by atoms with Crippen LogP contribution in [0.25, 0.3) is 0 Å². The predicted molar refractivity (Wildman–Crippen MR) is 74.2 cm³/mol. The highest BCUT2D eigenvalue weighted by Crippen LogP contribution is 2.37. The fourth-order valence-electron chi connectivity index (χ4n) is 1.27. The molecule has 0 bridgehead atoms. The van der Waals surface area contributed by atoms with Gasteiger partial charge in [0.25, 0.3) is 5.69 Å². The first-order valence-corrected chi connectivity index (χ1v) is 6.79. The van der Waals surface area contributed by atoms with Crippen LogP contribution in [0.5, 0.6) is 0 Å². The summed E-state index contributed by atoms with van der Waals surface area (Å²) >= 11 is 10.4. The second-order valence-electron chi connectivity index (χ2n) is 3.26. The first-order chi connectivity index (χ1) is 8.58. The van der Waals surface area contributed by atoms with E-state index in [0.717, 1.165) is 0 Å². The van der Waals surface area contributed by atoms with Crippen LogP contribution in [-0.4, -0.2) is 9.91 Å². The number of rotatable bonds is 3. The van der Waals surface area contributed by atoms with Gasteiger partial charge in [-0.15, -0.1) is 0 Å². The van der Waals surface area contributed by atoms with Gasteiger partial charge in [-0.1, -0.05) is 39.3 Å². The van der Waals surface area contributed by atoms with Crippen molar-refractivity contribution in [3.05, 3.63) is 56.1 Å². The third-order valence-electron chi connectivity index (χ3n) is 2.05. The fraction of sp³-hybridized carbons (Fsp3) is 0. The molecule has 4 nitrogen and oxygen atoms in total. The van der Waals surface area contributed by atoms with E-state index >= 15 is 0 Å². The van der Waals surface area contributed by atoms with Crippen molar-refractivity contribution < 1.29 is 4.92 Å². The highest BCUT2D eigenvalue weighted by Gasteiger charge is 2.16. The minimum atomic E-state index is -0.427. The van der Waals surface area contributed by atoms with Gasteiger partial charge in [0.05, 0.1) is 14.8 Å². The molecular formula is C11H6BrClN2O2S. The minimum Gasteiger partial charge on any atom is -0.258 e. The lowest BCUT2D eigenvalue weighted by molar-refractivity contribution is -0.387. The molecule has 92 valence electrons. The van der Waals surface area contributed by atoms with Gasteiger partial charge >= 0.3 is 0 Å². The summed E-state index contributed by atoms with van der Waals surface area (Å²) in [4.78, 5) is 15.1. The molecule has 18 heavy (non-hydrogen) atoms. The second kappa shape index (κ2) is 5.69. The molecule has 0 aliphatic carbocycles. The Hall–Kier alpha value is -1.11. The van der Waals surface area contributed by atoms with Crippen molar-refractivity contribution in [2.45, 2.75) is 9.92 Å². The van der Waals surface area contributed by atoms with Crippen LogP contribution in [0.1, 0.15) is 0 Å². The molecule has 0 spiro atoms. The summed E-state index contributed by atoms with van der Waals surface area (Å²) < 4.78 is 0.658. The number of benzene rings is 1. The summed E-state index contributed by atoms with van der Waals surface area (Å²) in [5, 5.41) is 12.0. The molecule has 0 aliphatic heterocycles. The zero-order chi connectivity index (χ0) is 13.1. The van der Waals surface area contributed by atoms with E-state index in [2.05, 4.69) is 20.9 Å². The van der Waals surface area contributed by atoms with E-state index in [9.17, 15) is 10.1 Å². The molecule has 0 N–H and O–H groups in total. The van der Waals surface area contributed by atoms with Gasteiger partial charge in [-0.05, 0) is 24.3 Å². The van der Waals surface area contributed by atoms with E-state index in [4.69, 9.17) is 11.6 Å². The van der Waals surface area contributed by atoms with E-state index in [-0.39, 0.29) is 5.69 Å². The third kappa shape index (κ3) is 3.01. The normalized spacial score (nSPS) is 10.3. The SMILES string of the molecule is O=[N+]([O-])c1cc(Br)ccc1Sc1ncccc1Cl. The standard InChI is InChI=1S/C11H6BrClN2O2S/c12-7-3-4-10(9(6-7)15(16)17)18-11-8(13)2-1-5-14-11/h1-6H. The van der Waals surface area contributed by atoms with Crippen LogP contribution in [0.4, 0.5) is 5.69 Å². The van der Waals surface area contributed by atoms with Crippen LogP contribution < -0.4 is 0 Å². The molecule has 1 heterocycles. The predicted octanol–water partition coefficient (Wildman–Crippen LogP) is 4.56. The van der Waals surface area contributed by atoms with Gasteiger partial charge in [-0.25, -0.2) is 4.98 Å². The highest BCUT2D eigenvalue weighted by atomic mass is 79.9. The lowest BCUT2D eigenvalue weighted by atomic mass is 10.3. The summed E-state index contributed by atoms with van der Waals surface area (Å²) in [5.74, 6) is 0. The Labute approximate surface area is 121 Å². The zero-order valence-corrected chi connectivity index (χ0v) is 12.0. The summed E-state index contributed by atoms with van der Waals surface area (Å²) in [6.45, 7) is 0. The number of nitro groups is 1. The van der Waals surface area contributed by atoms with Crippen molar-refractivity contribution in [1.29, 1.82) is 0 Å². The Morgan fingerprint density at radius 3 is 2.83 bits per heavy atom. The molecule has 2 rings (SSSR count). The van der Waals surface area contributed by atoms with Crippen molar-refractivity contribution in [3.63, 3.8) is 0 Å². The van der Waals surface area contributed by atoms with Gasteiger partial charge in [-0.3, -0.25) is 10.1 Å². The van der Waals surface area contributed by atoms with Gasteiger partial charge in [0.1, 0.15) is 5.03 Å². The van der Waals surface area contributed by atoms with Gasteiger partial charge in [0, 0.05) is 16.7 Å². The average Bonchev–Trinajstić information content (AvgIpc) is 2.34. The maximum Gasteiger partial charge on any atom is 0.284 e. The smallest absolute Gasteiger partial charge is 0.258 e. The Bertz CT molecular complexity index is 609. The zero-order valence-electron chi connectivity index (χ0n) is 8.84. The van der Waals surface area contributed by atoms with Crippen LogP contribution >= 0.6 is 39.3 Å². The number of nitro benzene ring substituents is 1. The Morgan fingerprint density at radius 2 is 2.17 bits per heavy atom. The molecule has 0 atom stereocenters. The van der Waals surface area contributed by atoms with E-state index in [1.165, 1.54) is 17.8 Å². The lowest BCUT2D eigenvalue weighted by Crippen LogP contribution is -1.91. The third-order valence-corrected chi connectivity index (χ3v) is 4.04. The molecular weight excluding hydrogens is 340 g/mol. The van der Waals surface area contributed by atoms with E-state index in [1.54, 1.807) is 30.5 Å². The van der Waals surface area contributed by atoms with Crippen molar-refractivity contribution in [2.24, 2.45) is 0 Å². The number of hydrogen-bond donors (Lipinski definition) is 0. The van der Waals surface area contributed by atoms with Crippen LogP contribution in [0, 0.1) is 10.1 Å². The van der Waals surface area contributed by atoms with Gasteiger partial charge in [0.2, 0.25) is 0 Å². The van der Waals surface area contributed by atoms with Crippen molar-refractivity contribution in [2.75, 3.05) is 0 Å². The average molecular weight is 346 g/mol. The summed E-state index contributed by atoms with van der Waals surface area (Å²) in [6, 6.07) is 8.27. The maximum absolute atomic E-state index is 11.0. The lowest BCUT2D eigenvalue weighted by Gasteiger charge is -2.04. The number of nitrogens with zero attached hydrogens (tertiary/aromatic N) is 2. The quantitative estimate of drug-likeness (QED) is 0.604. The van der Waals surface area contributed by atoms with Crippen molar-refractivity contribution in [3.8, 4) is 0 Å². The van der Waals surface area contributed by atoms with Gasteiger partial charge in [0.15, 0.2) is 0 Å². The highest BCUT2D eigenvalue weighted by molar-refractivity contribution is 9.10. The number of pyridine rings is 1. The Balaban J connectivity index is 2.41. The van der Waals surface area contributed by atoms with E-state index in [1.807, 2.05) is 0 Å². The van der Waals surface area contributed by atoms with Gasteiger partial charge in [-0.2, -0.15) is 0 Å². The van der Waals surface area contributed by atoms with Crippen LogP contribution in [0.2, 0.25) is 5.02 Å². The first-order valence-electron chi connectivity index (χ1n) is 4.80. The van der Waals surface area contributed by atoms with Gasteiger partial charge < -0.3 is 0 Å². The van der Waals surface area contributed by atoms with Crippen LogP contribution in [-0.2, 0) is 0 Å². The van der Waals surface area contributed by atoms with Crippen LogP contribution in [0.3, 0.4) is 0 Å². The molecule has 7 heteroatoms. The molecule has 0 saturated carbocycles. The van der Waals surface area contributed by atoms with E-state index in [0.29, 0.717) is 19.4 Å². The minimum absolute atomic E-state index is 0.0242. The summed E-state index contributed by atoms with van der Waals surface area (Å²) in [7, 11) is 0. The molecule has 0 fully saturated rings. The summed E-state index contributed by atoms with van der Waals surface area (Å²) in [6.07, 6.45) is 1.60. The molecule has 0 radical (unpaired) electrons. The monoisotopic (exact) mass is 344 g/mol. The molecule has 0 amide bonds. The second-order valence-corrected chi connectivity index (χ2v) is 5.62. The Kier molecular flexibility index (Phi) is 4.21. The molecule has 0 saturated heterocycles. The number of aromatic nitrogens is 1. The molecule has 2 aromatic rings. The fourth-order valence-corrected chi connectivity index (χ4v) is 2.72. The maximum atomic E-state index is 11.0. The topological polar surface area (TPSA) is 56.0 Å². The molecule has 1 aromatic heterocycles. The Morgan fingerprint density at radius 1 is 1.39 bits per heavy atom. The number of halogens is 2. The first kappa shape index (κ1) is 13.3. The van der Waals surface area contributed by atoms with Crippen molar-refractivity contribution in [1.82, 2.24) is 4.98 Å². The molecule has 0 aliphatic rings. The van der Waals surface area contributed by atoms with Crippen LogP contribution in [0.15, 0.2) is 50.9 Å². The number of hydrogen-bond acceptors (Lipinski definition) is 4. The van der Waals surface area contributed by atoms with E-state index < -0.39 is 4.92 Å². The largest absolute Gasteiger partial charge is 0.284 e. The van der Waals surface area contributed by atoms with Crippen molar-refractivity contribution >= 4 is 45.0 Å². The molecule has 0 unspecified atom stereocenters. The summed E-state index contributed by atoms with van der Waals surface area (Å²) in [5.41, 5.74) is 0.0242.